The predicted octanol–water partition coefficient (Wildman–Crippen LogP) is 2.41. The van der Waals surface area contributed by atoms with Gasteiger partial charge in [-0.15, -0.1) is 0 Å². The first-order chi connectivity index (χ1) is 9.36. The zero-order valence-corrected chi connectivity index (χ0v) is 15.2. The molecule has 0 atom stereocenters. The lowest BCUT2D eigenvalue weighted by molar-refractivity contribution is 0.237. The van der Waals surface area contributed by atoms with Crippen LogP contribution in [0.25, 0.3) is 0 Å². The van der Waals surface area contributed by atoms with Crippen LogP contribution in [-0.2, 0) is 0 Å². The topological polar surface area (TPSA) is 39.7 Å². The normalized spacial score (nSPS) is 13.2. The van der Waals surface area contributed by atoms with Gasteiger partial charge in [0.25, 0.3) is 0 Å². The number of nitrogens with zero attached hydrogens (tertiary/aromatic N) is 2. The first-order valence-electron chi connectivity index (χ1n) is 7.67. The van der Waals surface area contributed by atoms with Crippen molar-refractivity contribution in [2.45, 2.75) is 52.3 Å². The van der Waals surface area contributed by atoms with Crippen molar-refractivity contribution in [2.75, 3.05) is 39.0 Å². The molecule has 0 bridgehead atoms. The SMILES string of the molecule is CCNC(=NCC(C)(C)SC)NCCN(CC)C(C)C. The molecule has 0 aliphatic heterocycles. The molecule has 20 heavy (non-hydrogen) atoms. The van der Waals surface area contributed by atoms with Crippen LogP contribution in [0.1, 0.15) is 41.5 Å². The van der Waals surface area contributed by atoms with Gasteiger partial charge in [-0.3, -0.25) is 9.89 Å². The number of guanidine groups is 1. The maximum absolute atomic E-state index is 4.68. The van der Waals surface area contributed by atoms with E-state index in [0.717, 1.165) is 38.7 Å². The van der Waals surface area contributed by atoms with E-state index in [9.17, 15) is 0 Å². The van der Waals surface area contributed by atoms with Gasteiger partial charge in [-0.2, -0.15) is 11.8 Å². The highest BCUT2D eigenvalue weighted by molar-refractivity contribution is 7.99. The van der Waals surface area contributed by atoms with Crippen molar-refractivity contribution in [3.05, 3.63) is 0 Å². The first-order valence-corrected chi connectivity index (χ1v) is 8.90. The second-order valence-electron chi connectivity index (χ2n) is 5.81. The van der Waals surface area contributed by atoms with E-state index in [-0.39, 0.29) is 4.75 Å². The van der Waals surface area contributed by atoms with Gasteiger partial charge >= 0.3 is 0 Å². The molecule has 0 aliphatic rings. The van der Waals surface area contributed by atoms with Gasteiger partial charge in [0.2, 0.25) is 0 Å². The molecule has 0 aromatic carbocycles. The van der Waals surface area contributed by atoms with Gasteiger partial charge in [-0.05, 0) is 47.4 Å². The summed E-state index contributed by atoms with van der Waals surface area (Å²) < 4.78 is 0.190. The summed E-state index contributed by atoms with van der Waals surface area (Å²) in [6.07, 6.45) is 2.14. The van der Waals surface area contributed by atoms with Gasteiger partial charge in [0.1, 0.15) is 0 Å². The van der Waals surface area contributed by atoms with Crippen molar-refractivity contribution in [1.82, 2.24) is 15.5 Å². The van der Waals surface area contributed by atoms with Gasteiger partial charge in [0.05, 0.1) is 6.54 Å². The molecule has 0 unspecified atom stereocenters. The van der Waals surface area contributed by atoms with Crippen LogP contribution in [0.2, 0.25) is 0 Å². The Balaban J connectivity index is 4.30. The number of thioether (sulfide) groups is 1. The minimum absolute atomic E-state index is 0.190. The van der Waals surface area contributed by atoms with Crippen LogP contribution < -0.4 is 10.6 Å². The molecule has 0 spiro atoms. The standard InChI is InChI=1S/C15H34N4S/c1-8-16-14(18-12-15(5,6)20-7)17-10-11-19(9-2)13(3)4/h13H,8-12H2,1-7H3,(H2,16,17,18). The Labute approximate surface area is 130 Å². The Morgan fingerprint density at radius 3 is 2.35 bits per heavy atom. The minimum Gasteiger partial charge on any atom is -0.357 e. The molecule has 120 valence electrons. The molecule has 4 nitrogen and oxygen atoms in total. The zero-order valence-electron chi connectivity index (χ0n) is 14.4. The number of aliphatic imine (C=N–C) groups is 1. The molecule has 2 N–H and O–H groups in total. The van der Waals surface area contributed by atoms with Crippen LogP contribution in [-0.4, -0.2) is 60.6 Å². The van der Waals surface area contributed by atoms with Crippen LogP contribution in [0.5, 0.6) is 0 Å². The van der Waals surface area contributed by atoms with E-state index >= 15 is 0 Å². The predicted molar refractivity (Wildman–Crippen MR) is 94.0 cm³/mol. The van der Waals surface area contributed by atoms with Crippen LogP contribution in [0.4, 0.5) is 0 Å². The van der Waals surface area contributed by atoms with E-state index in [1.807, 2.05) is 11.8 Å². The lowest BCUT2D eigenvalue weighted by atomic mass is 10.2. The van der Waals surface area contributed by atoms with E-state index in [1.54, 1.807) is 0 Å². The van der Waals surface area contributed by atoms with E-state index < -0.39 is 0 Å². The summed E-state index contributed by atoms with van der Waals surface area (Å²) >= 11 is 1.85. The molecule has 0 saturated carbocycles. The number of likely N-dealkylation sites (N-methyl/N-ethyl adjacent to an activating group) is 1. The summed E-state index contributed by atoms with van der Waals surface area (Å²) in [6.45, 7) is 18.0. The average molecular weight is 303 g/mol. The smallest absolute Gasteiger partial charge is 0.191 e. The molecule has 0 saturated heterocycles. The second kappa shape index (κ2) is 10.3. The fraction of sp³-hybridized carbons (Fsp3) is 0.933. The Kier molecular flexibility index (Phi) is 10.1. The average Bonchev–Trinajstić information content (AvgIpc) is 2.40. The minimum atomic E-state index is 0.190. The summed E-state index contributed by atoms with van der Waals surface area (Å²) in [5.41, 5.74) is 0. The Morgan fingerprint density at radius 1 is 1.25 bits per heavy atom. The van der Waals surface area contributed by atoms with Crippen LogP contribution in [0.3, 0.4) is 0 Å². The van der Waals surface area contributed by atoms with Gasteiger partial charge in [0.15, 0.2) is 5.96 Å². The Bertz CT molecular complexity index is 277. The van der Waals surface area contributed by atoms with Gasteiger partial charge in [0, 0.05) is 30.4 Å². The maximum atomic E-state index is 4.68. The Morgan fingerprint density at radius 2 is 1.90 bits per heavy atom. The number of rotatable bonds is 9. The third kappa shape index (κ3) is 8.69. The molecule has 0 aliphatic carbocycles. The molecule has 0 heterocycles. The van der Waals surface area contributed by atoms with E-state index in [2.05, 4.69) is 68.3 Å². The van der Waals surface area contributed by atoms with Crippen molar-refractivity contribution in [3.63, 3.8) is 0 Å². The van der Waals surface area contributed by atoms with Crippen molar-refractivity contribution in [1.29, 1.82) is 0 Å². The lowest BCUT2D eigenvalue weighted by Crippen LogP contribution is -2.43. The molecule has 5 heteroatoms. The van der Waals surface area contributed by atoms with E-state index in [4.69, 9.17) is 0 Å². The fourth-order valence-electron chi connectivity index (χ4n) is 1.78. The second-order valence-corrected chi connectivity index (χ2v) is 7.32. The third-order valence-corrected chi connectivity index (χ3v) is 4.58. The summed E-state index contributed by atoms with van der Waals surface area (Å²) in [6, 6.07) is 0.594. The summed E-state index contributed by atoms with van der Waals surface area (Å²) in [7, 11) is 0. The van der Waals surface area contributed by atoms with Crippen molar-refractivity contribution in [3.8, 4) is 0 Å². The van der Waals surface area contributed by atoms with Gasteiger partial charge in [-0.1, -0.05) is 6.92 Å². The van der Waals surface area contributed by atoms with Gasteiger partial charge < -0.3 is 10.6 Å². The summed E-state index contributed by atoms with van der Waals surface area (Å²) in [4.78, 5) is 7.13. The van der Waals surface area contributed by atoms with E-state index in [0.29, 0.717) is 6.04 Å². The fourth-order valence-corrected chi connectivity index (χ4v) is 1.97. The lowest BCUT2D eigenvalue weighted by Gasteiger charge is -2.25. The summed E-state index contributed by atoms with van der Waals surface area (Å²) in [5, 5.41) is 6.74. The monoisotopic (exact) mass is 302 g/mol. The largest absolute Gasteiger partial charge is 0.357 e. The number of hydrogen-bond acceptors (Lipinski definition) is 3. The molecule has 0 aromatic heterocycles. The quantitative estimate of drug-likeness (QED) is 0.507. The summed E-state index contributed by atoms with van der Waals surface area (Å²) in [5.74, 6) is 0.925. The van der Waals surface area contributed by atoms with Crippen molar-refractivity contribution < 1.29 is 0 Å². The number of hydrogen-bond donors (Lipinski definition) is 2. The van der Waals surface area contributed by atoms with Crippen LogP contribution in [0.15, 0.2) is 4.99 Å². The Hall–Kier alpha value is -0.420. The highest BCUT2D eigenvalue weighted by atomic mass is 32.2. The molecule has 0 aromatic rings. The zero-order chi connectivity index (χ0) is 15.6. The first kappa shape index (κ1) is 19.6. The highest BCUT2D eigenvalue weighted by Crippen LogP contribution is 2.20. The third-order valence-electron chi connectivity index (χ3n) is 3.34. The molecule has 0 fully saturated rings. The molecule has 0 amide bonds. The van der Waals surface area contributed by atoms with Crippen LogP contribution in [0, 0.1) is 0 Å². The van der Waals surface area contributed by atoms with Gasteiger partial charge in [-0.25, -0.2) is 0 Å². The molecular formula is C15H34N4S. The maximum Gasteiger partial charge on any atom is 0.191 e. The van der Waals surface area contributed by atoms with Crippen molar-refractivity contribution >= 4 is 17.7 Å². The molecule has 0 rings (SSSR count). The van der Waals surface area contributed by atoms with E-state index in [1.165, 1.54) is 0 Å². The highest BCUT2D eigenvalue weighted by Gasteiger charge is 2.15. The van der Waals surface area contributed by atoms with Crippen molar-refractivity contribution in [2.24, 2.45) is 4.99 Å². The molecular weight excluding hydrogens is 268 g/mol. The molecule has 0 radical (unpaired) electrons. The number of nitrogens with one attached hydrogen (secondary N) is 2. The van der Waals surface area contributed by atoms with Crippen LogP contribution >= 0.6 is 11.8 Å².